The molecule has 0 saturated carbocycles. The van der Waals surface area contributed by atoms with E-state index in [1.54, 1.807) is 14.0 Å². The average Bonchev–Trinajstić information content (AvgIpc) is 2.40. The van der Waals surface area contributed by atoms with Crippen LogP contribution in [-0.4, -0.2) is 17.1 Å². The second-order valence-corrected chi connectivity index (χ2v) is 5.11. The number of para-hydroxylation sites is 1. The van der Waals surface area contributed by atoms with Crippen molar-refractivity contribution in [3.8, 4) is 0 Å². The fourth-order valence-electron chi connectivity index (χ4n) is 2.49. The van der Waals surface area contributed by atoms with Gasteiger partial charge in [0.15, 0.2) is 0 Å². The van der Waals surface area contributed by atoms with Gasteiger partial charge in [0.2, 0.25) is 0 Å². The number of rotatable bonds is 5. The number of aromatic nitrogens is 2. The van der Waals surface area contributed by atoms with Gasteiger partial charge in [-0.2, -0.15) is 0 Å². The molecule has 112 valence electrons. The van der Waals surface area contributed by atoms with Gasteiger partial charge >= 0.3 is 0 Å². The quantitative estimate of drug-likeness (QED) is 0.887. The normalized spacial score (nSPS) is 12.2. The van der Waals surface area contributed by atoms with E-state index in [9.17, 15) is 4.79 Å². The minimum atomic E-state index is -0.139. The largest absolute Gasteiger partial charge is 0.380 e. The van der Waals surface area contributed by atoms with Crippen molar-refractivity contribution in [2.75, 3.05) is 12.4 Å². The fourth-order valence-corrected chi connectivity index (χ4v) is 2.49. The smallest absolute Gasteiger partial charge is 0.256 e. The molecule has 5 heteroatoms. The van der Waals surface area contributed by atoms with Crippen LogP contribution in [0.4, 0.5) is 5.69 Å². The molecule has 0 aliphatic rings. The van der Waals surface area contributed by atoms with Crippen LogP contribution in [0.5, 0.6) is 0 Å². The molecule has 1 unspecified atom stereocenters. The van der Waals surface area contributed by atoms with Gasteiger partial charge in [-0.3, -0.25) is 4.79 Å². The monoisotopic (exact) mass is 287 g/mol. The first-order valence-corrected chi connectivity index (χ1v) is 6.93. The van der Waals surface area contributed by atoms with Gasteiger partial charge in [0.05, 0.1) is 23.9 Å². The third-order valence-electron chi connectivity index (χ3n) is 3.39. The van der Waals surface area contributed by atoms with Crippen molar-refractivity contribution < 1.29 is 4.74 Å². The van der Waals surface area contributed by atoms with Gasteiger partial charge < -0.3 is 15.0 Å². The standard InChI is InChI=1S/C16H21N3O2/c1-10-15(16(20)19-12(3)17-10)11(2)18-14-8-6-5-7-13(14)9-21-4/h5-8,11,18H,9H2,1-4H3,(H,17,19,20). The van der Waals surface area contributed by atoms with Crippen molar-refractivity contribution in [3.05, 3.63) is 57.3 Å². The van der Waals surface area contributed by atoms with Gasteiger partial charge in [0.1, 0.15) is 5.82 Å². The van der Waals surface area contributed by atoms with E-state index in [4.69, 9.17) is 4.74 Å². The Morgan fingerprint density at radius 3 is 2.71 bits per heavy atom. The Bertz CT molecular complexity index is 679. The van der Waals surface area contributed by atoms with Gasteiger partial charge in [-0.05, 0) is 26.8 Å². The van der Waals surface area contributed by atoms with Crippen molar-refractivity contribution in [2.45, 2.75) is 33.4 Å². The lowest BCUT2D eigenvalue weighted by atomic mass is 10.1. The molecular weight excluding hydrogens is 266 g/mol. The van der Waals surface area contributed by atoms with Crippen molar-refractivity contribution in [1.29, 1.82) is 0 Å². The summed E-state index contributed by atoms with van der Waals surface area (Å²) in [5, 5.41) is 3.37. The zero-order chi connectivity index (χ0) is 15.4. The molecule has 21 heavy (non-hydrogen) atoms. The van der Waals surface area contributed by atoms with Gasteiger partial charge in [0.25, 0.3) is 5.56 Å². The summed E-state index contributed by atoms with van der Waals surface area (Å²) in [6.45, 7) is 6.12. The van der Waals surface area contributed by atoms with Crippen molar-refractivity contribution in [3.63, 3.8) is 0 Å². The number of nitrogens with zero attached hydrogens (tertiary/aromatic N) is 1. The lowest BCUT2D eigenvalue weighted by Crippen LogP contribution is -2.23. The minimum Gasteiger partial charge on any atom is -0.380 e. The molecule has 0 amide bonds. The lowest BCUT2D eigenvalue weighted by Gasteiger charge is -2.19. The Kier molecular flexibility index (Phi) is 4.75. The van der Waals surface area contributed by atoms with Crippen LogP contribution in [0.25, 0.3) is 0 Å². The molecule has 2 rings (SSSR count). The Hall–Kier alpha value is -2.14. The van der Waals surface area contributed by atoms with E-state index >= 15 is 0 Å². The Labute approximate surface area is 124 Å². The zero-order valence-electron chi connectivity index (χ0n) is 12.9. The highest BCUT2D eigenvalue weighted by atomic mass is 16.5. The molecule has 0 aliphatic carbocycles. The summed E-state index contributed by atoms with van der Waals surface area (Å²) in [6, 6.07) is 7.77. The molecule has 1 aromatic carbocycles. The van der Waals surface area contributed by atoms with Crippen molar-refractivity contribution >= 4 is 5.69 Å². The SMILES string of the molecule is COCc1ccccc1NC(C)c1c(C)nc(C)[nH]c1=O. The molecule has 5 nitrogen and oxygen atoms in total. The third-order valence-corrected chi connectivity index (χ3v) is 3.39. The maximum Gasteiger partial charge on any atom is 0.256 e. The first-order valence-electron chi connectivity index (χ1n) is 6.93. The van der Waals surface area contributed by atoms with E-state index < -0.39 is 0 Å². The number of aryl methyl sites for hydroxylation is 2. The Balaban J connectivity index is 2.31. The summed E-state index contributed by atoms with van der Waals surface area (Å²) in [5.41, 5.74) is 3.34. The van der Waals surface area contributed by atoms with Crippen LogP contribution < -0.4 is 10.9 Å². The average molecular weight is 287 g/mol. The highest BCUT2D eigenvalue weighted by Gasteiger charge is 2.15. The van der Waals surface area contributed by atoms with Gasteiger partial charge in [-0.25, -0.2) is 4.98 Å². The number of aromatic amines is 1. The number of hydrogen-bond donors (Lipinski definition) is 2. The molecule has 1 heterocycles. The van der Waals surface area contributed by atoms with E-state index in [0.29, 0.717) is 18.0 Å². The van der Waals surface area contributed by atoms with Crippen LogP contribution in [0.15, 0.2) is 29.1 Å². The minimum absolute atomic E-state index is 0.0933. The lowest BCUT2D eigenvalue weighted by molar-refractivity contribution is 0.185. The zero-order valence-corrected chi connectivity index (χ0v) is 12.9. The second kappa shape index (κ2) is 6.54. The summed E-state index contributed by atoms with van der Waals surface area (Å²) < 4.78 is 5.20. The van der Waals surface area contributed by atoms with Gasteiger partial charge in [0, 0.05) is 18.4 Å². The first kappa shape index (κ1) is 15.3. The summed E-state index contributed by atoms with van der Waals surface area (Å²) in [5.74, 6) is 0.633. The predicted molar refractivity (Wildman–Crippen MR) is 83.5 cm³/mol. The van der Waals surface area contributed by atoms with Crippen LogP contribution >= 0.6 is 0 Å². The molecule has 1 atom stereocenters. The van der Waals surface area contributed by atoms with E-state index in [2.05, 4.69) is 15.3 Å². The highest BCUT2D eigenvalue weighted by molar-refractivity contribution is 5.52. The number of hydrogen-bond acceptors (Lipinski definition) is 4. The maximum absolute atomic E-state index is 12.1. The number of ether oxygens (including phenoxy) is 1. The van der Waals surface area contributed by atoms with Gasteiger partial charge in [-0.1, -0.05) is 18.2 Å². The van der Waals surface area contributed by atoms with E-state index in [1.165, 1.54) is 0 Å². The summed E-state index contributed by atoms with van der Waals surface area (Å²) in [4.78, 5) is 19.2. The fraction of sp³-hybridized carbons (Fsp3) is 0.375. The molecule has 0 fully saturated rings. The Morgan fingerprint density at radius 1 is 1.33 bits per heavy atom. The summed E-state index contributed by atoms with van der Waals surface area (Å²) >= 11 is 0. The number of nitrogens with one attached hydrogen (secondary N) is 2. The maximum atomic E-state index is 12.1. The van der Waals surface area contributed by atoms with E-state index in [0.717, 1.165) is 16.9 Å². The predicted octanol–water partition coefficient (Wildman–Crippen LogP) is 2.71. The van der Waals surface area contributed by atoms with Crippen LogP contribution in [0.2, 0.25) is 0 Å². The molecule has 0 bridgehead atoms. The molecule has 1 aromatic heterocycles. The Morgan fingerprint density at radius 2 is 2.05 bits per heavy atom. The van der Waals surface area contributed by atoms with E-state index in [-0.39, 0.29) is 11.6 Å². The molecule has 0 aliphatic heterocycles. The topological polar surface area (TPSA) is 67.0 Å². The second-order valence-electron chi connectivity index (χ2n) is 5.11. The number of benzene rings is 1. The van der Waals surface area contributed by atoms with Crippen molar-refractivity contribution in [2.24, 2.45) is 0 Å². The first-order chi connectivity index (χ1) is 10.0. The summed E-state index contributed by atoms with van der Waals surface area (Å²) in [7, 11) is 1.67. The number of methoxy groups -OCH3 is 1. The van der Waals surface area contributed by atoms with Crippen LogP contribution in [0.3, 0.4) is 0 Å². The van der Waals surface area contributed by atoms with E-state index in [1.807, 2.05) is 38.1 Å². The van der Waals surface area contributed by atoms with Crippen LogP contribution in [-0.2, 0) is 11.3 Å². The molecule has 0 saturated heterocycles. The molecule has 2 N–H and O–H groups in total. The molecular formula is C16H21N3O2. The van der Waals surface area contributed by atoms with Crippen molar-refractivity contribution in [1.82, 2.24) is 9.97 Å². The molecule has 2 aromatic rings. The van der Waals surface area contributed by atoms with Gasteiger partial charge in [-0.15, -0.1) is 0 Å². The van der Waals surface area contributed by atoms with Crippen LogP contribution in [0.1, 0.15) is 35.6 Å². The third kappa shape index (κ3) is 3.49. The number of anilines is 1. The molecule has 0 radical (unpaired) electrons. The van der Waals surface area contributed by atoms with Crippen LogP contribution in [0, 0.1) is 13.8 Å². The molecule has 0 spiro atoms. The summed E-state index contributed by atoms with van der Waals surface area (Å²) in [6.07, 6.45) is 0. The number of H-pyrrole nitrogens is 1. The highest BCUT2D eigenvalue weighted by Crippen LogP contribution is 2.22.